The van der Waals surface area contributed by atoms with Gasteiger partial charge in [0, 0.05) is 36.9 Å². The number of rotatable bonds is 1. The van der Waals surface area contributed by atoms with Gasteiger partial charge in [0.2, 0.25) is 0 Å². The minimum atomic E-state index is -0.175. The Balaban J connectivity index is 1.95. The second-order valence-electron chi connectivity index (χ2n) is 5.89. The lowest BCUT2D eigenvalue weighted by molar-refractivity contribution is 0.199. The van der Waals surface area contributed by atoms with E-state index in [9.17, 15) is 4.79 Å². The first-order valence-electron chi connectivity index (χ1n) is 6.43. The number of likely N-dealkylation sites (tertiary alicyclic amines) is 1. The van der Waals surface area contributed by atoms with Crippen molar-refractivity contribution >= 4 is 6.03 Å². The van der Waals surface area contributed by atoms with Gasteiger partial charge in [0.1, 0.15) is 0 Å². The summed E-state index contributed by atoms with van der Waals surface area (Å²) < 4.78 is 0. The van der Waals surface area contributed by atoms with Crippen LogP contribution in [0.2, 0.25) is 0 Å². The van der Waals surface area contributed by atoms with E-state index in [0.717, 1.165) is 19.5 Å². The summed E-state index contributed by atoms with van der Waals surface area (Å²) in [6.45, 7) is 7.63. The Hall–Kier alpha value is -1.58. The third-order valence-corrected chi connectivity index (χ3v) is 3.13. The monoisotopic (exact) mass is 247 g/mol. The number of nitrogens with one attached hydrogen (secondary N) is 1. The maximum atomic E-state index is 12.0. The molecule has 0 radical (unpaired) electrons. The summed E-state index contributed by atoms with van der Waals surface area (Å²) in [5.74, 6) is 0.443. The fraction of sp³-hybridized carbons (Fsp3) is 0.571. The zero-order chi connectivity index (χ0) is 13.2. The van der Waals surface area contributed by atoms with E-state index in [2.05, 4.69) is 10.3 Å². The zero-order valence-corrected chi connectivity index (χ0v) is 11.3. The van der Waals surface area contributed by atoms with Crippen LogP contribution in [-0.4, -0.2) is 34.5 Å². The highest BCUT2D eigenvalue weighted by Crippen LogP contribution is 2.26. The summed E-state index contributed by atoms with van der Waals surface area (Å²) in [5.41, 5.74) is 1.10. The lowest BCUT2D eigenvalue weighted by atomic mass is 10.00. The van der Waals surface area contributed by atoms with Gasteiger partial charge in [-0.1, -0.05) is 0 Å². The normalized spacial score (nSPS) is 19.9. The molecular weight excluding hydrogens is 226 g/mol. The molecule has 0 saturated carbocycles. The van der Waals surface area contributed by atoms with Crippen molar-refractivity contribution in [3.63, 3.8) is 0 Å². The summed E-state index contributed by atoms with van der Waals surface area (Å²) in [6.07, 6.45) is 4.65. The first kappa shape index (κ1) is 12.9. The van der Waals surface area contributed by atoms with Gasteiger partial charge in [0.05, 0.1) is 0 Å². The zero-order valence-electron chi connectivity index (χ0n) is 11.3. The molecule has 1 aromatic rings. The van der Waals surface area contributed by atoms with E-state index in [-0.39, 0.29) is 11.6 Å². The van der Waals surface area contributed by atoms with Crippen molar-refractivity contribution in [2.75, 3.05) is 13.1 Å². The van der Waals surface area contributed by atoms with Crippen LogP contribution < -0.4 is 5.32 Å². The molecule has 2 amide bonds. The minimum absolute atomic E-state index is 0.0408. The van der Waals surface area contributed by atoms with E-state index in [0.29, 0.717) is 5.92 Å². The van der Waals surface area contributed by atoms with Crippen molar-refractivity contribution in [2.24, 2.45) is 0 Å². The highest BCUT2D eigenvalue weighted by atomic mass is 16.2. The third-order valence-electron chi connectivity index (χ3n) is 3.13. The standard InChI is InChI=1S/C14H21N3O/c1-14(2,3)16-13(18)17-9-6-12(10-17)11-4-7-15-8-5-11/h4-5,7-8,12H,6,9-10H2,1-3H3,(H,16,18). The second kappa shape index (κ2) is 4.96. The molecule has 98 valence electrons. The molecule has 4 heteroatoms. The van der Waals surface area contributed by atoms with Crippen LogP contribution in [0.4, 0.5) is 4.79 Å². The number of aromatic nitrogens is 1. The van der Waals surface area contributed by atoms with Gasteiger partial charge in [0.25, 0.3) is 0 Å². The Kier molecular flexibility index (Phi) is 3.55. The van der Waals surface area contributed by atoms with E-state index in [1.165, 1.54) is 5.56 Å². The second-order valence-corrected chi connectivity index (χ2v) is 5.89. The van der Waals surface area contributed by atoms with Gasteiger partial charge in [-0.05, 0) is 44.9 Å². The van der Waals surface area contributed by atoms with Crippen molar-refractivity contribution in [1.29, 1.82) is 0 Å². The van der Waals surface area contributed by atoms with Crippen LogP contribution in [0.3, 0.4) is 0 Å². The van der Waals surface area contributed by atoms with Crippen molar-refractivity contribution in [1.82, 2.24) is 15.2 Å². The average Bonchev–Trinajstić information content (AvgIpc) is 2.77. The molecule has 1 unspecified atom stereocenters. The lowest BCUT2D eigenvalue weighted by Gasteiger charge is -2.25. The molecule has 1 aliphatic rings. The molecule has 1 aliphatic heterocycles. The van der Waals surface area contributed by atoms with Gasteiger partial charge in [-0.2, -0.15) is 0 Å². The van der Waals surface area contributed by atoms with E-state index in [1.54, 1.807) is 0 Å². The quantitative estimate of drug-likeness (QED) is 0.828. The number of carbonyl (C=O) groups is 1. The smallest absolute Gasteiger partial charge is 0.317 e. The summed E-state index contributed by atoms with van der Waals surface area (Å²) in [5, 5.41) is 3.01. The molecule has 0 spiro atoms. The maximum absolute atomic E-state index is 12.0. The van der Waals surface area contributed by atoms with Gasteiger partial charge >= 0.3 is 6.03 Å². The lowest BCUT2D eigenvalue weighted by Crippen LogP contribution is -2.47. The average molecular weight is 247 g/mol. The first-order chi connectivity index (χ1) is 8.46. The number of hydrogen-bond donors (Lipinski definition) is 1. The number of pyridine rings is 1. The van der Waals surface area contributed by atoms with Gasteiger partial charge in [-0.15, -0.1) is 0 Å². The van der Waals surface area contributed by atoms with Crippen LogP contribution in [0.25, 0.3) is 0 Å². The Morgan fingerprint density at radius 2 is 2.06 bits per heavy atom. The van der Waals surface area contributed by atoms with Gasteiger partial charge in [-0.25, -0.2) is 4.79 Å². The highest BCUT2D eigenvalue weighted by Gasteiger charge is 2.28. The van der Waals surface area contributed by atoms with E-state index < -0.39 is 0 Å². The molecule has 1 saturated heterocycles. The molecule has 1 N–H and O–H groups in total. The van der Waals surface area contributed by atoms with Crippen LogP contribution in [0.5, 0.6) is 0 Å². The highest BCUT2D eigenvalue weighted by molar-refractivity contribution is 5.75. The molecule has 18 heavy (non-hydrogen) atoms. The maximum Gasteiger partial charge on any atom is 0.317 e. The molecule has 1 atom stereocenters. The van der Waals surface area contributed by atoms with E-state index in [1.807, 2.05) is 50.2 Å². The van der Waals surface area contributed by atoms with E-state index >= 15 is 0 Å². The van der Waals surface area contributed by atoms with Crippen LogP contribution in [0.15, 0.2) is 24.5 Å². The topological polar surface area (TPSA) is 45.2 Å². The first-order valence-corrected chi connectivity index (χ1v) is 6.43. The summed E-state index contributed by atoms with van der Waals surface area (Å²) in [4.78, 5) is 18.0. The fourth-order valence-corrected chi connectivity index (χ4v) is 2.25. The van der Waals surface area contributed by atoms with Crippen LogP contribution in [-0.2, 0) is 0 Å². The number of nitrogens with zero attached hydrogens (tertiary/aromatic N) is 2. The molecule has 0 aromatic carbocycles. The number of carbonyl (C=O) groups excluding carboxylic acids is 1. The van der Waals surface area contributed by atoms with Crippen LogP contribution in [0.1, 0.15) is 38.7 Å². The summed E-state index contributed by atoms with van der Waals surface area (Å²) in [7, 11) is 0. The van der Waals surface area contributed by atoms with Crippen molar-refractivity contribution in [3.05, 3.63) is 30.1 Å². The number of urea groups is 1. The summed E-state index contributed by atoms with van der Waals surface area (Å²) in [6, 6.07) is 4.12. The predicted octanol–water partition coefficient (Wildman–Crippen LogP) is 2.38. The molecule has 0 aliphatic carbocycles. The molecular formula is C14H21N3O. The van der Waals surface area contributed by atoms with E-state index in [4.69, 9.17) is 0 Å². The summed E-state index contributed by atoms with van der Waals surface area (Å²) >= 11 is 0. The molecule has 1 aromatic heterocycles. The van der Waals surface area contributed by atoms with Gasteiger partial charge in [0.15, 0.2) is 0 Å². The Morgan fingerprint density at radius 1 is 1.39 bits per heavy atom. The number of amides is 2. The van der Waals surface area contributed by atoms with Crippen molar-refractivity contribution < 1.29 is 4.79 Å². The van der Waals surface area contributed by atoms with Crippen LogP contribution in [0, 0.1) is 0 Å². The largest absolute Gasteiger partial charge is 0.333 e. The van der Waals surface area contributed by atoms with Crippen molar-refractivity contribution in [2.45, 2.75) is 38.6 Å². The molecule has 4 nitrogen and oxygen atoms in total. The molecule has 1 fully saturated rings. The Morgan fingerprint density at radius 3 is 2.67 bits per heavy atom. The predicted molar refractivity (Wildman–Crippen MR) is 71.5 cm³/mol. The third kappa shape index (κ3) is 3.22. The Bertz CT molecular complexity index is 411. The fourth-order valence-electron chi connectivity index (χ4n) is 2.25. The molecule has 0 bridgehead atoms. The SMILES string of the molecule is CC(C)(C)NC(=O)N1CCC(c2ccncc2)C1. The Labute approximate surface area is 108 Å². The molecule has 2 rings (SSSR count). The van der Waals surface area contributed by atoms with Crippen molar-refractivity contribution in [3.8, 4) is 0 Å². The van der Waals surface area contributed by atoms with Gasteiger partial charge in [-0.3, -0.25) is 4.98 Å². The number of hydrogen-bond acceptors (Lipinski definition) is 2. The minimum Gasteiger partial charge on any atom is -0.333 e. The van der Waals surface area contributed by atoms with Gasteiger partial charge < -0.3 is 10.2 Å². The van der Waals surface area contributed by atoms with Crippen LogP contribution >= 0.6 is 0 Å². The molecule has 2 heterocycles.